The van der Waals surface area contributed by atoms with Gasteiger partial charge in [0.25, 0.3) is 5.91 Å². The third-order valence-corrected chi connectivity index (χ3v) is 5.52. The number of benzene rings is 1. The van der Waals surface area contributed by atoms with Gasteiger partial charge in [-0.15, -0.1) is 16.9 Å². The average Bonchev–Trinajstić information content (AvgIpc) is 2.60. The van der Waals surface area contributed by atoms with Crippen LogP contribution in [0.2, 0.25) is 5.02 Å². The monoisotopic (exact) mass is 470 g/mol. The van der Waals surface area contributed by atoms with Gasteiger partial charge in [0.2, 0.25) is 0 Å². The minimum Gasteiger partial charge on any atom is -0.451 e. The Morgan fingerprint density at radius 1 is 1.41 bits per heavy atom. The maximum absolute atomic E-state index is 11.8. The number of halogens is 2. The van der Waals surface area contributed by atoms with Crippen LogP contribution in [0.5, 0.6) is 0 Å². The number of azo groups is 1. The summed E-state index contributed by atoms with van der Waals surface area (Å²) in [6.07, 6.45) is 6.25. The number of hydrogen-bond acceptors (Lipinski definition) is 5. The molecule has 0 radical (unpaired) electrons. The van der Waals surface area contributed by atoms with E-state index in [1.807, 2.05) is 12.1 Å². The standard InChI is InChI=1S/C19H20BrClN2O3S/c1-19(2,3)14-9-15(21)12(4-5-17(24)26-11-20)8-13(14)10-27-16-6-7-22-23-18(16)25/h4-9,16H,10-11H2,1-3H3/b5-4+. The molecule has 1 unspecified atom stereocenters. The predicted molar refractivity (Wildman–Crippen MR) is 113 cm³/mol. The van der Waals surface area contributed by atoms with Gasteiger partial charge in [-0.05, 0) is 62.3 Å². The van der Waals surface area contributed by atoms with Crippen molar-refractivity contribution >= 4 is 57.2 Å². The largest absolute Gasteiger partial charge is 0.451 e. The molecule has 27 heavy (non-hydrogen) atoms. The Balaban J connectivity index is 2.30. The highest BCUT2D eigenvalue weighted by atomic mass is 79.9. The number of amides is 1. The van der Waals surface area contributed by atoms with E-state index in [0.717, 1.165) is 16.7 Å². The van der Waals surface area contributed by atoms with Crippen LogP contribution in [0.1, 0.15) is 37.5 Å². The summed E-state index contributed by atoms with van der Waals surface area (Å²) in [5.74, 6) is -0.110. The number of thioether (sulfide) groups is 1. The molecule has 0 saturated carbocycles. The summed E-state index contributed by atoms with van der Waals surface area (Å²) in [6.45, 7) is 6.32. The number of carbonyl (C=O) groups is 2. The van der Waals surface area contributed by atoms with Crippen molar-refractivity contribution in [3.05, 3.63) is 52.2 Å². The van der Waals surface area contributed by atoms with Gasteiger partial charge in [0, 0.05) is 23.1 Å². The summed E-state index contributed by atoms with van der Waals surface area (Å²) in [5.41, 5.74) is 2.87. The normalized spacial score (nSPS) is 16.9. The Hall–Kier alpha value is -1.44. The molecule has 1 aliphatic heterocycles. The lowest BCUT2D eigenvalue weighted by Gasteiger charge is -2.24. The summed E-state index contributed by atoms with van der Waals surface area (Å²) in [4.78, 5) is 23.4. The van der Waals surface area contributed by atoms with Crippen LogP contribution in [0.4, 0.5) is 0 Å². The molecule has 0 aromatic heterocycles. The molecular formula is C19H20BrClN2O3S. The second-order valence-electron chi connectivity index (χ2n) is 6.81. The number of alkyl halides is 1. The third kappa shape index (κ3) is 6.30. The summed E-state index contributed by atoms with van der Waals surface area (Å²) in [7, 11) is 0. The molecule has 1 heterocycles. The quantitative estimate of drug-likeness (QED) is 0.305. The Morgan fingerprint density at radius 3 is 2.78 bits per heavy atom. The first-order valence-corrected chi connectivity index (χ1v) is 10.7. The Labute approximate surface area is 176 Å². The van der Waals surface area contributed by atoms with Gasteiger partial charge in [-0.1, -0.05) is 32.4 Å². The number of rotatable bonds is 6. The van der Waals surface area contributed by atoms with Crippen molar-refractivity contribution < 1.29 is 14.3 Å². The fourth-order valence-electron chi connectivity index (χ4n) is 2.49. The fourth-order valence-corrected chi connectivity index (χ4v) is 3.92. The van der Waals surface area contributed by atoms with E-state index in [9.17, 15) is 9.59 Å². The van der Waals surface area contributed by atoms with E-state index in [4.69, 9.17) is 16.3 Å². The summed E-state index contributed by atoms with van der Waals surface area (Å²) in [6, 6.07) is 3.87. The summed E-state index contributed by atoms with van der Waals surface area (Å²) in [5, 5.41) is 7.40. The molecule has 0 spiro atoms. The molecule has 1 aromatic rings. The lowest BCUT2D eigenvalue weighted by Crippen LogP contribution is -2.17. The highest BCUT2D eigenvalue weighted by molar-refractivity contribution is 9.09. The first-order chi connectivity index (χ1) is 12.7. The highest BCUT2D eigenvalue weighted by Crippen LogP contribution is 2.34. The number of hydrogen-bond donors (Lipinski definition) is 0. The van der Waals surface area contributed by atoms with E-state index in [1.165, 1.54) is 24.0 Å². The predicted octanol–water partition coefficient (Wildman–Crippen LogP) is 5.65. The van der Waals surface area contributed by atoms with E-state index < -0.39 is 5.97 Å². The van der Waals surface area contributed by atoms with Gasteiger partial charge in [0.05, 0.1) is 0 Å². The lowest BCUT2D eigenvalue weighted by molar-refractivity contribution is -0.135. The van der Waals surface area contributed by atoms with Gasteiger partial charge in [0.15, 0.2) is 0 Å². The van der Waals surface area contributed by atoms with Crippen LogP contribution >= 0.6 is 39.3 Å². The molecule has 0 N–H and O–H groups in total. The Kier molecular flexibility index (Phi) is 7.82. The maximum atomic E-state index is 11.8. The topological polar surface area (TPSA) is 68.1 Å². The van der Waals surface area contributed by atoms with Gasteiger partial charge >= 0.3 is 5.97 Å². The van der Waals surface area contributed by atoms with E-state index >= 15 is 0 Å². The molecule has 1 atom stereocenters. The van der Waals surface area contributed by atoms with Crippen LogP contribution in [0.3, 0.4) is 0 Å². The minimum absolute atomic E-state index is 0.122. The minimum atomic E-state index is -0.456. The molecule has 0 bridgehead atoms. The van der Waals surface area contributed by atoms with Crippen LogP contribution in [0.15, 0.2) is 40.7 Å². The van der Waals surface area contributed by atoms with Gasteiger partial charge in [-0.3, -0.25) is 4.79 Å². The van der Waals surface area contributed by atoms with Gasteiger partial charge in [0.1, 0.15) is 10.8 Å². The van der Waals surface area contributed by atoms with Crippen LogP contribution in [-0.4, -0.2) is 22.6 Å². The first-order valence-electron chi connectivity index (χ1n) is 8.19. The van der Waals surface area contributed by atoms with Crippen molar-refractivity contribution in [2.45, 2.75) is 37.2 Å². The molecule has 0 aliphatic carbocycles. The third-order valence-electron chi connectivity index (χ3n) is 3.77. The molecule has 5 nitrogen and oxygen atoms in total. The van der Waals surface area contributed by atoms with Crippen molar-refractivity contribution in [2.24, 2.45) is 10.2 Å². The molecule has 1 aliphatic rings. The smallest absolute Gasteiger partial charge is 0.331 e. The van der Waals surface area contributed by atoms with E-state index in [-0.39, 0.29) is 22.1 Å². The second kappa shape index (κ2) is 9.66. The van der Waals surface area contributed by atoms with Gasteiger partial charge < -0.3 is 4.74 Å². The maximum Gasteiger partial charge on any atom is 0.331 e. The average molecular weight is 472 g/mol. The van der Waals surface area contributed by atoms with Crippen molar-refractivity contribution in [3.63, 3.8) is 0 Å². The van der Waals surface area contributed by atoms with Crippen LogP contribution in [-0.2, 0) is 25.5 Å². The van der Waals surface area contributed by atoms with Crippen molar-refractivity contribution in [3.8, 4) is 0 Å². The molecule has 1 amide bonds. The summed E-state index contributed by atoms with van der Waals surface area (Å²) < 4.78 is 4.83. The van der Waals surface area contributed by atoms with Crippen LogP contribution < -0.4 is 0 Å². The number of esters is 1. The molecule has 1 aromatic carbocycles. The van der Waals surface area contributed by atoms with Crippen molar-refractivity contribution in [2.75, 3.05) is 5.52 Å². The molecule has 0 fully saturated rings. The molecule has 2 rings (SSSR count). The van der Waals surface area contributed by atoms with E-state index in [1.54, 1.807) is 12.2 Å². The zero-order valence-electron chi connectivity index (χ0n) is 15.2. The molecule has 0 saturated heterocycles. The van der Waals surface area contributed by atoms with Gasteiger partial charge in [-0.25, -0.2) is 4.79 Å². The molecule has 8 heteroatoms. The van der Waals surface area contributed by atoms with Crippen LogP contribution in [0, 0.1) is 0 Å². The Morgan fingerprint density at radius 2 is 2.15 bits per heavy atom. The van der Waals surface area contributed by atoms with E-state index in [2.05, 4.69) is 46.9 Å². The van der Waals surface area contributed by atoms with E-state index in [0.29, 0.717) is 10.8 Å². The lowest BCUT2D eigenvalue weighted by atomic mass is 9.83. The number of nitrogens with zero attached hydrogens (tertiary/aromatic N) is 2. The highest BCUT2D eigenvalue weighted by Gasteiger charge is 2.23. The van der Waals surface area contributed by atoms with Crippen molar-refractivity contribution in [1.82, 2.24) is 0 Å². The van der Waals surface area contributed by atoms with Gasteiger partial charge in [-0.2, -0.15) is 5.11 Å². The zero-order chi connectivity index (χ0) is 20.0. The number of ether oxygens (including phenoxy) is 1. The Bertz CT molecular complexity index is 816. The van der Waals surface area contributed by atoms with Crippen LogP contribution in [0.25, 0.3) is 6.08 Å². The fraction of sp³-hybridized carbons (Fsp3) is 0.368. The number of carbonyl (C=O) groups excluding carboxylic acids is 2. The molecular weight excluding hydrogens is 452 g/mol. The first kappa shape index (κ1) is 21.9. The summed E-state index contributed by atoms with van der Waals surface area (Å²) >= 11 is 11.0. The SMILES string of the molecule is CC(C)(C)c1cc(Cl)c(/C=C/C(=O)OCBr)cc1CSC1C=CN=NC1=O. The molecule has 144 valence electrons. The zero-order valence-corrected chi connectivity index (χ0v) is 18.4. The second-order valence-corrected chi connectivity index (χ2v) is 8.81. The van der Waals surface area contributed by atoms with Crippen molar-refractivity contribution in [1.29, 1.82) is 0 Å².